The third-order valence-electron chi connectivity index (χ3n) is 5.34. The second-order valence-electron chi connectivity index (χ2n) is 9.11. The lowest BCUT2D eigenvalue weighted by Crippen LogP contribution is -2.34. The van der Waals surface area contributed by atoms with Crippen LogP contribution in [0.1, 0.15) is 26.3 Å². The minimum absolute atomic E-state index is 0.325. The molecule has 0 spiro atoms. The van der Waals surface area contributed by atoms with Gasteiger partial charge in [-0.1, -0.05) is 24.3 Å². The molecule has 0 atom stereocenters. The van der Waals surface area contributed by atoms with Crippen LogP contribution in [0.5, 0.6) is 0 Å². The van der Waals surface area contributed by atoms with E-state index in [1.807, 2.05) is 0 Å². The van der Waals surface area contributed by atoms with E-state index in [0.717, 1.165) is 0 Å². The van der Waals surface area contributed by atoms with Crippen molar-refractivity contribution in [2.75, 3.05) is 11.9 Å². The van der Waals surface area contributed by atoms with E-state index in [1.165, 1.54) is 9.47 Å². The summed E-state index contributed by atoms with van der Waals surface area (Å²) < 4.78 is 6.95. The van der Waals surface area contributed by atoms with E-state index in [9.17, 15) is 14.9 Å². The van der Waals surface area contributed by atoms with Gasteiger partial charge in [-0.05, 0) is 57.2 Å². The van der Waals surface area contributed by atoms with Crippen LogP contribution in [0.25, 0.3) is 28.2 Å². The van der Waals surface area contributed by atoms with Crippen LogP contribution in [0.2, 0.25) is 0 Å². The first kappa shape index (κ1) is 24.4. The Morgan fingerprint density at radius 3 is 2.42 bits per heavy atom. The lowest BCUT2D eigenvalue weighted by Gasteiger charge is -2.25. The molecule has 0 aliphatic carbocycles. The fraction of sp³-hybridized carbons (Fsp3) is 0.179. The van der Waals surface area contributed by atoms with E-state index in [4.69, 9.17) is 4.74 Å². The maximum Gasteiger partial charge on any atom is 0.414 e. The maximum atomic E-state index is 13.7. The van der Waals surface area contributed by atoms with Gasteiger partial charge in [0.05, 0.1) is 17.3 Å². The first-order chi connectivity index (χ1) is 17.2. The van der Waals surface area contributed by atoms with Crippen molar-refractivity contribution >= 4 is 11.8 Å². The number of rotatable bonds is 4. The zero-order chi connectivity index (χ0) is 25.9. The summed E-state index contributed by atoms with van der Waals surface area (Å²) in [6.07, 6.45) is 4.39. The Morgan fingerprint density at radius 1 is 1.00 bits per heavy atom. The predicted octanol–water partition coefficient (Wildman–Crippen LogP) is 5.20. The molecule has 0 fully saturated rings. The number of carbonyl (C=O) groups is 1. The fourth-order valence-electron chi connectivity index (χ4n) is 3.64. The third-order valence-corrected chi connectivity index (χ3v) is 5.34. The molecule has 180 valence electrons. The molecule has 8 nitrogen and oxygen atoms in total. The number of nitrogens with zero attached hydrogens (tertiary/aromatic N) is 5. The Bertz CT molecular complexity index is 1510. The van der Waals surface area contributed by atoms with Gasteiger partial charge in [0.25, 0.3) is 5.56 Å². The molecule has 36 heavy (non-hydrogen) atoms. The number of pyridine rings is 1. The number of hydrogen-bond donors (Lipinski definition) is 0. The molecule has 0 aliphatic rings. The molecule has 0 aliphatic heterocycles. The van der Waals surface area contributed by atoms with Gasteiger partial charge in [0.15, 0.2) is 5.82 Å². The van der Waals surface area contributed by atoms with E-state index in [-0.39, 0.29) is 5.56 Å². The van der Waals surface area contributed by atoms with Gasteiger partial charge in [-0.15, -0.1) is 0 Å². The number of amides is 1. The van der Waals surface area contributed by atoms with E-state index in [2.05, 4.69) is 16.0 Å². The van der Waals surface area contributed by atoms with Crippen LogP contribution in [-0.4, -0.2) is 33.3 Å². The molecule has 2 aromatic heterocycles. The lowest BCUT2D eigenvalue weighted by molar-refractivity contribution is 0.0589. The lowest BCUT2D eigenvalue weighted by atomic mass is 10.00. The second-order valence-corrected chi connectivity index (χ2v) is 9.11. The summed E-state index contributed by atoms with van der Waals surface area (Å²) in [5, 5.41) is 9.64. The van der Waals surface area contributed by atoms with Crippen molar-refractivity contribution in [2.45, 2.75) is 26.4 Å². The molecule has 8 heteroatoms. The van der Waals surface area contributed by atoms with E-state index in [1.54, 1.807) is 107 Å². The molecule has 0 saturated carbocycles. The molecule has 0 radical (unpaired) electrons. The Morgan fingerprint density at radius 2 is 1.72 bits per heavy atom. The topological polar surface area (TPSA) is 101 Å². The third kappa shape index (κ3) is 5.15. The van der Waals surface area contributed by atoms with Gasteiger partial charge in [-0.2, -0.15) is 5.26 Å². The number of ether oxygens (including phenoxy) is 1. The monoisotopic (exact) mass is 479 g/mol. The van der Waals surface area contributed by atoms with Crippen LogP contribution in [0.15, 0.2) is 84.0 Å². The highest BCUT2D eigenvalue weighted by molar-refractivity contribution is 5.87. The van der Waals surface area contributed by atoms with Crippen LogP contribution in [-0.2, 0) is 4.74 Å². The van der Waals surface area contributed by atoms with Gasteiger partial charge in [-0.3, -0.25) is 14.3 Å². The minimum Gasteiger partial charge on any atom is -0.443 e. The Kier molecular flexibility index (Phi) is 6.66. The highest BCUT2D eigenvalue weighted by atomic mass is 16.6. The standard InChI is InChI=1S/C28H25N5O3/c1-28(2,3)36-27(35)32(4)21-10-7-11-22(16-21)33-18-20(25-30-13-8-14-31-25)15-24(26(33)34)23-12-6-5-9-19(23)17-29/h5-16,18H,1-4H3. The Balaban J connectivity index is 1.89. The van der Waals surface area contributed by atoms with Crippen molar-refractivity contribution in [1.82, 2.24) is 14.5 Å². The molecule has 4 rings (SSSR count). The maximum absolute atomic E-state index is 13.7. The molecule has 1 amide bonds. The molecule has 0 N–H and O–H groups in total. The van der Waals surface area contributed by atoms with Crippen LogP contribution >= 0.6 is 0 Å². The van der Waals surface area contributed by atoms with E-state index in [0.29, 0.717) is 39.5 Å². The van der Waals surface area contributed by atoms with E-state index >= 15 is 0 Å². The van der Waals surface area contributed by atoms with Gasteiger partial charge in [0, 0.05) is 48.0 Å². The van der Waals surface area contributed by atoms with Crippen LogP contribution < -0.4 is 10.5 Å². The average molecular weight is 480 g/mol. The Hall–Kier alpha value is -4.77. The predicted molar refractivity (Wildman–Crippen MR) is 138 cm³/mol. The number of carbonyl (C=O) groups excluding carboxylic acids is 1. The number of hydrogen-bond acceptors (Lipinski definition) is 6. The molecule has 4 aromatic rings. The average Bonchev–Trinajstić information content (AvgIpc) is 2.88. The van der Waals surface area contributed by atoms with Gasteiger partial charge in [0.2, 0.25) is 0 Å². The summed E-state index contributed by atoms with van der Waals surface area (Å²) in [5.41, 5.74) is 1.94. The molecule has 2 heterocycles. The van der Waals surface area contributed by atoms with Crippen molar-refractivity contribution in [1.29, 1.82) is 5.26 Å². The largest absolute Gasteiger partial charge is 0.443 e. The van der Waals surface area contributed by atoms with Crippen molar-refractivity contribution in [3.8, 4) is 34.3 Å². The smallest absolute Gasteiger partial charge is 0.414 e. The molecular formula is C28H25N5O3. The minimum atomic E-state index is -0.646. The summed E-state index contributed by atoms with van der Waals surface area (Å²) in [6.45, 7) is 5.39. The molecule has 2 aromatic carbocycles. The normalized spacial score (nSPS) is 11.0. The molecule has 0 saturated heterocycles. The SMILES string of the molecule is CN(C(=O)OC(C)(C)C)c1cccc(-n2cc(-c3ncccn3)cc(-c3ccccc3C#N)c2=O)c1. The van der Waals surface area contributed by atoms with Crippen molar-refractivity contribution in [3.63, 3.8) is 0 Å². The van der Waals surface area contributed by atoms with Crippen LogP contribution in [0.3, 0.4) is 0 Å². The van der Waals surface area contributed by atoms with Gasteiger partial charge in [-0.25, -0.2) is 14.8 Å². The van der Waals surface area contributed by atoms with Crippen LogP contribution in [0, 0.1) is 11.3 Å². The quantitative estimate of drug-likeness (QED) is 0.399. The first-order valence-electron chi connectivity index (χ1n) is 11.3. The number of benzene rings is 2. The van der Waals surface area contributed by atoms with E-state index < -0.39 is 11.7 Å². The zero-order valence-corrected chi connectivity index (χ0v) is 20.5. The molecule has 0 bridgehead atoms. The highest BCUT2D eigenvalue weighted by Gasteiger charge is 2.21. The van der Waals surface area contributed by atoms with Crippen LogP contribution in [0.4, 0.5) is 10.5 Å². The molecule has 0 unspecified atom stereocenters. The van der Waals surface area contributed by atoms with Gasteiger partial charge >= 0.3 is 6.09 Å². The zero-order valence-electron chi connectivity index (χ0n) is 20.5. The van der Waals surface area contributed by atoms with Gasteiger partial charge in [0.1, 0.15) is 5.60 Å². The first-order valence-corrected chi connectivity index (χ1v) is 11.3. The van der Waals surface area contributed by atoms with Crippen molar-refractivity contribution in [3.05, 3.63) is 95.2 Å². The summed E-state index contributed by atoms with van der Waals surface area (Å²) in [4.78, 5) is 36.4. The summed E-state index contributed by atoms with van der Waals surface area (Å²) >= 11 is 0. The summed E-state index contributed by atoms with van der Waals surface area (Å²) in [6, 6.07) is 19.5. The van der Waals surface area contributed by atoms with Gasteiger partial charge < -0.3 is 4.74 Å². The fourth-order valence-corrected chi connectivity index (χ4v) is 3.64. The second kappa shape index (κ2) is 9.84. The molecular weight excluding hydrogens is 454 g/mol. The highest BCUT2D eigenvalue weighted by Crippen LogP contribution is 2.26. The summed E-state index contributed by atoms with van der Waals surface area (Å²) in [7, 11) is 1.61. The number of nitriles is 1. The summed E-state index contributed by atoms with van der Waals surface area (Å²) in [5.74, 6) is 0.434. The number of anilines is 1. The Labute approximate surface area is 209 Å². The number of aromatic nitrogens is 3. The van der Waals surface area contributed by atoms with Crippen molar-refractivity contribution < 1.29 is 9.53 Å². The van der Waals surface area contributed by atoms with Crippen molar-refractivity contribution in [2.24, 2.45) is 0 Å².